The number of hydrogen-bond donors (Lipinski definition) is 0. The van der Waals surface area contributed by atoms with Crippen molar-refractivity contribution in [3.05, 3.63) is 41.5 Å². The van der Waals surface area contributed by atoms with Gasteiger partial charge in [0.15, 0.2) is 11.5 Å². The summed E-state index contributed by atoms with van der Waals surface area (Å²) in [4.78, 5) is 2.64. The lowest BCUT2D eigenvalue weighted by Gasteiger charge is -2.33. The molecule has 4 heteroatoms. The number of rotatable bonds is 4. The van der Waals surface area contributed by atoms with Crippen molar-refractivity contribution in [1.29, 1.82) is 0 Å². The molecule has 2 aliphatic heterocycles. The Morgan fingerprint density at radius 2 is 1.76 bits per heavy atom. The summed E-state index contributed by atoms with van der Waals surface area (Å²) in [5, 5.41) is 4.89. The third-order valence-corrected chi connectivity index (χ3v) is 6.44. The molecule has 148 valence electrons. The maximum Gasteiger partial charge on any atom is 0.161 e. The maximum absolute atomic E-state index is 5.72. The van der Waals surface area contributed by atoms with Crippen LogP contribution in [0.2, 0.25) is 0 Å². The summed E-state index contributed by atoms with van der Waals surface area (Å²) in [6.07, 6.45) is 9.04. The van der Waals surface area contributed by atoms with Crippen LogP contribution in [-0.2, 0) is 13.0 Å². The van der Waals surface area contributed by atoms with Gasteiger partial charge in [-0.1, -0.05) is 12.0 Å². The second-order valence-electron chi connectivity index (χ2n) is 7.88. The molecule has 3 aromatic carbocycles. The second kappa shape index (κ2) is 7.17. The van der Waals surface area contributed by atoms with E-state index in [1.165, 1.54) is 52.1 Å². The van der Waals surface area contributed by atoms with Gasteiger partial charge >= 0.3 is 0 Å². The van der Waals surface area contributed by atoms with Gasteiger partial charge in [0.2, 0.25) is 0 Å². The van der Waals surface area contributed by atoms with Crippen molar-refractivity contribution in [1.82, 2.24) is 4.90 Å². The van der Waals surface area contributed by atoms with Gasteiger partial charge in [-0.2, -0.15) is 0 Å². The van der Waals surface area contributed by atoms with Crippen molar-refractivity contribution in [3.63, 3.8) is 0 Å². The summed E-state index contributed by atoms with van der Waals surface area (Å²) in [6, 6.07) is 11.2. The second-order valence-corrected chi connectivity index (χ2v) is 7.88. The molecule has 2 aliphatic rings. The Hall–Kier alpha value is -2.90. The normalized spacial score (nSPS) is 18.3. The average Bonchev–Trinajstić information content (AvgIpc) is 3.23. The largest absolute Gasteiger partial charge is 0.493 e. The maximum atomic E-state index is 5.72. The molecule has 1 fully saturated rings. The van der Waals surface area contributed by atoms with Gasteiger partial charge in [0, 0.05) is 12.6 Å². The lowest BCUT2D eigenvalue weighted by Crippen LogP contribution is -2.35. The van der Waals surface area contributed by atoms with Gasteiger partial charge in [-0.05, 0) is 82.7 Å². The molecule has 4 nitrogen and oxygen atoms in total. The van der Waals surface area contributed by atoms with E-state index in [9.17, 15) is 0 Å². The average molecular weight is 387 g/mol. The van der Waals surface area contributed by atoms with Crippen LogP contribution in [0.5, 0.6) is 17.2 Å². The fraction of sp³-hybridized carbons (Fsp3) is 0.360. The Bertz CT molecular complexity index is 1140. The van der Waals surface area contributed by atoms with E-state index >= 15 is 0 Å². The molecular formula is C25H25NO3. The van der Waals surface area contributed by atoms with E-state index in [1.807, 2.05) is 6.07 Å². The van der Waals surface area contributed by atoms with Crippen LogP contribution in [-0.4, -0.2) is 38.3 Å². The minimum Gasteiger partial charge on any atom is -0.493 e. The highest BCUT2D eigenvalue weighted by molar-refractivity contribution is 6.12. The third-order valence-electron chi connectivity index (χ3n) is 6.44. The Labute approximate surface area is 171 Å². The molecule has 0 amide bonds. The molecule has 1 atom stereocenters. The first-order valence-corrected chi connectivity index (χ1v) is 10.2. The molecule has 29 heavy (non-hydrogen) atoms. The van der Waals surface area contributed by atoms with Gasteiger partial charge in [-0.3, -0.25) is 4.90 Å². The Balaban J connectivity index is 1.82. The molecule has 5 rings (SSSR count). The summed E-state index contributed by atoms with van der Waals surface area (Å²) in [6.45, 7) is 2.46. The van der Waals surface area contributed by atoms with Crippen LogP contribution >= 0.6 is 0 Å². The van der Waals surface area contributed by atoms with Crippen LogP contribution in [0.15, 0.2) is 30.3 Å². The summed E-state index contributed by atoms with van der Waals surface area (Å²) in [5.41, 5.74) is 2.88. The molecule has 0 saturated carbocycles. The predicted molar refractivity (Wildman–Crippen MR) is 116 cm³/mol. The smallest absolute Gasteiger partial charge is 0.161 e. The molecule has 0 aliphatic carbocycles. The van der Waals surface area contributed by atoms with E-state index in [2.05, 4.69) is 35.1 Å². The predicted octanol–water partition coefficient (Wildman–Crippen LogP) is 4.54. The van der Waals surface area contributed by atoms with Crippen molar-refractivity contribution in [2.75, 3.05) is 27.4 Å². The first-order chi connectivity index (χ1) is 14.2. The topological polar surface area (TPSA) is 30.9 Å². The Morgan fingerprint density at radius 3 is 2.52 bits per heavy atom. The van der Waals surface area contributed by atoms with Crippen LogP contribution in [0.25, 0.3) is 21.5 Å². The standard InChI is InChI=1S/C25H25NO3/c1-4-10-29-17-7-8-18-20(12-17)22-14-25(28-3)24(27-2)13-21(22)19-11-16-6-5-9-26(16)15-23(18)19/h1,7-8,12-14,16H,5-6,9-11,15H2,2-3H3/t16-/m1/s1. The number of ether oxygens (including phenoxy) is 3. The number of hydrogen-bond acceptors (Lipinski definition) is 4. The minimum absolute atomic E-state index is 0.265. The van der Waals surface area contributed by atoms with Crippen molar-refractivity contribution in [2.45, 2.75) is 31.8 Å². The van der Waals surface area contributed by atoms with Crippen LogP contribution in [0.3, 0.4) is 0 Å². The van der Waals surface area contributed by atoms with Gasteiger partial charge in [0.25, 0.3) is 0 Å². The Morgan fingerprint density at radius 1 is 1.00 bits per heavy atom. The van der Waals surface area contributed by atoms with E-state index in [0.29, 0.717) is 6.04 Å². The zero-order valence-electron chi connectivity index (χ0n) is 17.0. The van der Waals surface area contributed by atoms with Gasteiger partial charge in [-0.15, -0.1) is 6.42 Å². The number of fused-ring (bicyclic) bond motifs is 7. The molecule has 0 aromatic heterocycles. The quantitative estimate of drug-likeness (QED) is 0.486. The van der Waals surface area contributed by atoms with Gasteiger partial charge in [0.05, 0.1) is 14.2 Å². The summed E-state index contributed by atoms with van der Waals surface area (Å²) >= 11 is 0. The van der Waals surface area contributed by atoms with E-state index in [0.717, 1.165) is 30.2 Å². The summed E-state index contributed by atoms with van der Waals surface area (Å²) < 4.78 is 17.0. The van der Waals surface area contributed by atoms with Gasteiger partial charge in [-0.25, -0.2) is 0 Å². The molecule has 0 bridgehead atoms. The summed E-state index contributed by atoms with van der Waals surface area (Å²) in [5.74, 6) is 4.86. The number of methoxy groups -OCH3 is 2. The highest BCUT2D eigenvalue weighted by Gasteiger charge is 2.32. The highest BCUT2D eigenvalue weighted by Crippen LogP contribution is 2.44. The molecule has 0 N–H and O–H groups in total. The molecule has 0 unspecified atom stereocenters. The van der Waals surface area contributed by atoms with Crippen molar-refractivity contribution in [3.8, 4) is 29.6 Å². The van der Waals surface area contributed by atoms with E-state index < -0.39 is 0 Å². The fourth-order valence-electron chi connectivity index (χ4n) is 5.09. The highest BCUT2D eigenvalue weighted by atomic mass is 16.5. The van der Waals surface area contributed by atoms with Crippen molar-refractivity contribution >= 4 is 21.5 Å². The number of nitrogens with zero attached hydrogens (tertiary/aromatic N) is 1. The first-order valence-electron chi connectivity index (χ1n) is 10.2. The monoisotopic (exact) mass is 387 g/mol. The van der Waals surface area contributed by atoms with Gasteiger partial charge < -0.3 is 14.2 Å². The number of terminal acetylenes is 1. The fourth-order valence-corrected chi connectivity index (χ4v) is 5.09. The van der Waals surface area contributed by atoms with Crippen molar-refractivity contribution < 1.29 is 14.2 Å². The van der Waals surface area contributed by atoms with Crippen molar-refractivity contribution in [2.24, 2.45) is 0 Å². The van der Waals surface area contributed by atoms with E-state index in [-0.39, 0.29) is 6.61 Å². The molecule has 1 saturated heterocycles. The Kier molecular flexibility index (Phi) is 4.49. The zero-order valence-corrected chi connectivity index (χ0v) is 17.0. The molecule has 0 spiro atoms. The van der Waals surface area contributed by atoms with E-state index in [4.69, 9.17) is 20.6 Å². The lowest BCUT2D eigenvalue weighted by molar-refractivity contribution is 0.229. The van der Waals surface area contributed by atoms with Crippen LogP contribution in [0.1, 0.15) is 24.0 Å². The summed E-state index contributed by atoms with van der Waals surface area (Å²) in [7, 11) is 3.38. The van der Waals surface area contributed by atoms with Crippen LogP contribution in [0, 0.1) is 12.3 Å². The molecular weight excluding hydrogens is 362 g/mol. The van der Waals surface area contributed by atoms with E-state index in [1.54, 1.807) is 14.2 Å². The molecule has 3 aromatic rings. The number of benzene rings is 3. The third kappa shape index (κ3) is 2.89. The van der Waals surface area contributed by atoms with Gasteiger partial charge in [0.1, 0.15) is 12.4 Å². The molecule has 0 radical (unpaired) electrons. The SMILES string of the molecule is C#CCOc1ccc2c3c(c4cc(OC)c(OC)cc4c2c1)C[C@H]1CCCN1C3. The molecule has 2 heterocycles. The zero-order chi connectivity index (χ0) is 20.0. The lowest BCUT2D eigenvalue weighted by atomic mass is 9.85. The van der Waals surface area contributed by atoms with Crippen LogP contribution in [0.4, 0.5) is 0 Å². The first kappa shape index (κ1) is 18.1. The van der Waals surface area contributed by atoms with Crippen LogP contribution < -0.4 is 14.2 Å². The minimum atomic E-state index is 0.265.